The average molecular weight is 555 g/mol. The molecule has 40 heavy (non-hydrogen) atoms. The Kier molecular flexibility index (Phi) is 7.29. The molecule has 2 saturated heterocycles. The molecule has 2 heterocycles. The van der Waals surface area contributed by atoms with Crippen molar-refractivity contribution in [2.24, 2.45) is 22.7 Å². The summed E-state index contributed by atoms with van der Waals surface area (Å²) in [6, 6.07) is 5.40. The third kappa shape index (κ3) is 5.14. The fourth-order valence-corrected chi connectivity index (χ4v) is 7.46. The van der Waals surface area contributed by atoms with Crippen LogP contribution in [0.5, 0.6) is 0 Å². The Hall–Kier alpha value is -3.24. The summed E-state index contributed by atoms with van der Waals surface area (Å²) in [7, 11) is 0. The number of nitrogens with one attached hydrogen (secondary N) is 1. The first kappa shape index (κ1) is 28.3. The molecule has 10 heteroatoms. The van der Waals surface area contributed by atoms with Crippen LogP contribution in [0.1, 0.15) is 59.8 Å². The number of hydrogen-bond donors (Lipinski definition) is 1. The maximum atomic E-state index is 12.6. The summed E-state index contributed by atoms with van der Waals surface area (Å²) in [4.78, 5) is 35.5. The average Bonchev–Trinajstić information content (AvgIpc) is 3.23. The van der Waals surface area contributed by atoms with Crippen LogP contribution in [0.25, 0.3) is 0 Å². The lowest BCUT2D eigenvalue weighted by atomic mass is 9.46. The fourth-order valence-electron chi connectivity index (χ4n) is 7.46. The van der Waals surface area contributed by atoms with E-state index in [-0.39, 0.29) is 35.1 Å². The molecule has 0 aromatic heterocycles. The normalized spacial score (nSPS) is 35.9. The highest BCUT2D eigenvalue weighted by Gasteiger charge is 2.60. The predicted molar refractivity (Wildman–Crippen MR) is 146 cm³/mol. The number of carbonyl (C=O) groups is 2. The first-order valence-corrected chi connectivity index (χ1v) is 13.9. The quantitative estimate of drug-likeness (QED) is 0.156. The molecule has 10 nitrogen and oxygen atoms in total. The van der Waals surface area contributed by atoms with Gasteiger partial charge in [-0.2, -0.15) is 0 Å². The van der Waals surface area contributed by atoms with Crippen molar-refractivity contribution in [1.82, 2.24) is 0 Å². The predicted octanol–water partition coefficient (Wildman–Crippen LogP) is 5.93. The van der Waals surface area contributed by atoms with E-state index in [2.05, 4.69) is 25.7 Å². The largest absolute Gasteiger partial charge is 0.458 e. The molecular formula is C30H38N2O8. The van der Waals surface area contributed by atoms with Gasteiger partial charge in [-0.1, -0.05) is 32.1 Å². The summed E-state index contributed by atoms with van der Waals surface area (Å²) >= 11 is 0. The zero-order chi connectivity index (χ0) is 28.9. The number of nitro groups is 1. The molecule has 0 radical (unpaired) electrons. The van der Waals surface area contributed by atoms with Crippen molar-refractivity contribution >= 4 is 23.4 Å². The van der Waals surface area contributed by atoms with Gasteiger partial charge in [0.25, 0.3) is 5.69 Å². The third-order valence-electron chi connectivity index (χ3n) is 9.57. The number of benzene rings is 1. The van der Waals surface area contributed by atoms with Gasteiger partial charge in [-0.3, -0.25) is 15.4 Å². The number of rotatable bonds is 5. The van der Waals surface area contributed by atoms with E-state index in [0.717, 1.165) is 25.7 Å². The Morgan fingerprint density at radius 1 is 1.20 bits per heavy atom. The van der Waals surface area contributed by atoms with Gasteiger partial charge in [0.15, 0.2) is 11.9 Å². The Labute approximate surface area is 234 Å². The van der Waals surface area contributed by atoms with Crippen molar-refractivity contribution in [2.45, 2.75) is 77.8 Å². The van der Waals surface area contributed by atoms with Gasteiger partial charge < -0.3 is 18.9 Å². The van der Waals surface area contributed by atoms with Crippen LogP contribution in [0.4, 0.5) is 16.2 Å². The summed E-state index contributed by atoms with van der Waals surface area (Å²) in [6.45, 7) is 13.6. The van der Waals surface area contributed by atoms with Gasteiger partial charge in [0.05, 0.1) is 23.2 Å². The molecule has 1 N–H and O–H groups in total. The second-order valence-corrected chi connectivity index (χ2v) is 12.5. The van der Waals surface area contributed by atoms with Gasteiger partial charge in [-0.05, 0) is 75.3 Å². The summed E-state index contributed by atoms with van der Waals surface area (Å²) < 4.78 is 23.3. The summed E-state index contributed by atoms with van der Waals surface area (Å²) in [5.41, 5.74) is 1.60. The molecule has 2 aliphatic heterocycles. The number of allylic oxidation sites excluding steroid dienone is 2. The van der Waals surface area contributed by atoms with Gasteiger partial charge in [0.2, 0.25) is 0 Å². The molecule has 0 bridgehead atoms. The van der Waals surface area contributed by atoms with Crippen molar-refractivity contribution in [3.8, 4) is 0 Å². The number of anilines is 1. The van der Waals surface area contributed by atoms with Crippen LogP contribution in [-0.4, -0.2) is 48.2 Å². The Morgan fingerprint density at radius 3 is 2.62 bits per heavy atom. The van der Waals surface area contributed by atoms with E-state index in [1.165, 1.54) is 29.8 Å². The Balaban J connectivity index is 1.29. The number of carbonyl (C=O) groups excluding carboxylic acids is 2. The molecule has 0 unspecified atom stereocenters. The first-order chi connectivity index (χ1) is 18.8. The molecule has 1 amide bonds. The van der Waals surface area contributed by atoms with Gasteiger partial charge in [-0.25, -0.2) is 9.59 Å². The van der Waals surface area contributed by atoms with Crippen LogP contribution < -0.4 is 5.32 Å². The minimum absolute atomic E-state index is 0.0436. The molecule has 4 fully saturated rings. The van der Waals surface area contributed by atoms with Gasteiger partial charge in [0.1, 0.15) is 6.61 Å². The number of cyclic esters (lactones) is 1. The monoisotopic (exact) mass is 554 g/mol. The maximum absolute atomic E-state index is 12.6. The number of non-ortho nitro benzene ring substituents is 1. The van der Waals surface area contributed by atoms with Crippen molar-refractivity contribution in [3.63, 3.8) is 0 Å². The highest BCUT2D eigenvalue weighted by molar-refractivity contribution is 5.93. The molecule has 1 aromatic rings. The van der Waals surface area contributed by atoms with E-state index in [9.17, 15) is 19.7 Å². The van der Waals surface area contributed by atoms with E-state index < -0.39 is 28.9 Å². The number of ether oxygens (including phenoxy) is 4. The van der Waals surface area contributed by atoms with Crippen LogP contribution in [0.15, 0.2) is 48.1 Å². The number of hydrogen-bond acceptors (Lipinski definition) is 8. The van der Waals surface area contributed by atoms with Gasteiger partial charge >= 0.3 is 12.1 Å². The summed E-state index contributed by atoms with van der Waals surface area (Å²) in [6.07, 6.45) is 4.82. The number of amides is 1. The van der Waals surface area contributed by atoms with Gasteiger partial charge in [0, 0.05) is 23.2 Å². The van der Waals surface area contributed by atoms with E-state index in [0.29, 0.717) is 30.2 Å². The smallest absolute Gasteiger partial charge is 0.412 e. The third-order valence-corrected chi connectivity index (χ3v) is 9.57. The molecule has 4 aliphatic rings. The molecule has 5 rings (SSSR count). The summed E-state index contributed by atoms with van der Waals surface area (Å²) in [5, 5.41) is 13.4. The topological polar surface area (TPSA) is 126 Å². The van der Waals surface area contributed by atoms with E-state index in [1.54, 1.807) is 0 Å². The molecule has 0 spiro atoms. The standard InChI is InChI=1S/C30H38N2O8/c1-18-6-13-24-29(4,15-14-25-30(24,5)17-38-28(2,3)40-25)22(18)12-11-21-23(16-37-26(21)33)39-27(34)31-19-7-9-20(10-8-19)32(35)36/h7-11,22-25H,1,6,12-17H2,2-5H3,(H,31,34)/b21-11+/t22-,23-,24+,25-,29+,30+/m1/s1. The Bertz CT molecular complexity index is 1240. The van der Waals surface area contributed by atoms with Crippen molar-refractivity contribution in [3.05, 3.63) is 58.2 Å². The van der Waals surface area contributed by atoms with Crippen LogP contribution in [0, 0.1) is 32.8 Å². The highest BCUT2D eigenvalue weighted by Crippen LogP contribution is 2.63. The lowest BCUT2D eigenvalue weighted by molar-refractivity contribution is -0.384. The summed E-state index contributed by atoms with van der Waals surface area (Å²) in [5.74, 6) is -0.556. The van der Waals surface area contributed by atoms with E-state index >= 15 is 0 Å². The van der Waals surface area contributed by atoms with E-state index in [4.69, 9.17) is 18.9 Å². The SMILES string of the molecule is C=C1CC[C@@H]2[C@]3(C)COC(C)(C)O[C@@H]3CC[C@@]2(C)[C@@H]1C/C=C1/C(=O)OC[C@H]1OC(=O)Nc1ccc([N+](=O)[O-])cc1. The molecular weight excluding hydrogens is 516 g/mol. The van der Waals surface area contributed by atoms with Crippen molar-refractivity contribution in [1.29, 1.82) is 0 Å². The second kappa shape index (κ2) is 10.3. The highest BCUT2D eigenvalue weighted by atomic mass is 16.7. The fraction of sp³-hybridized carbons (Fsp3) is 0.600. The minimum atomic E-state index is -0.846. The number of esters is 1. The molecule has 216 valence electrons. The molecule has 2 aliphatic carbocycles. The van der Waals surface area contributed by atoms with E-state index in [1.807, 2.05) is 19.9 Å². The molecule has 6 atom stereocenters. The van der Waals surface area contributed by atoms with Gasteiger partial charge in [-0.15, -0.1) is 0 Å². The lowest BCUT2D eigenvalue weighted by Crippen LogP contribution is -2.62. The lowest BCUT2D eigenvalue weighted by Gasteiger charge is -2.63. The first-order valence-electron chi connectivity index (χ1n) is 13.9. The van der Waals surface area contributed by atoms with Crippen LogP contribution in [-0.2, 0) is 23.7 Å². The van der Waals surface area contributed by atoms with Crippen LogP contribution in [0.3, 0.4) is 0 Å². The second-order valence-electron chi connectivity index (χ2n) is 12.5. The minimum Gasteiger partial charge on any atom is -0.458 e. The van der Waals surface area contributed by atoms with Crippen LogP contribution in [0.2, 0.25) is 0 Å². The Morgan fingerprint density at radius 2 is 1.93 bits per heavy atom. The van der Waals surface area contributed by atoms with Crippen molar-refractivity contribution in [2.75, 3.05) is 18.5 Å². The van der Waals surface area contributed by atoms with Crippen LogP contribution >= 0.6 is 0 Å². The zero-order valence-electron chi connectivity index (χ0n) is 23.6. The molecule has 1 aromatic carbocycles. The van der Waals surface area contributed by atoms with Crippen molar-refractivity contribution < 1.29 is 33.5 Å². The number of fused-ring (bicyclic) bond motifs is 3. The maximum Gasteiger partial charge on any atom is 0.412 e. The number of nitrogens with zero attached hydrogens (tertiary/aromatic N) is 1. The zero-order valence-corrected chi connectivity index (χ0v) is 23.6. The molecule has 2 saturated carbocycles. The number of nitro benzene ring substituents is 1.